The summed E-state index contributed by atoms with van der Waals surface area (Å²) in [4.78, 5) is 36.1. The smallest absolute Gasteiger partial charge is 0.276 e. The average molecular weight is 524 g/mol. The molecule has 3 rings (SSSR count). The van der Waals surface area contributed by atoms with Crippen LogP contribution in [0.5, 0.6) is 5.75 Å². The first-order valence-electron chi connectivity index (χ1n) is 10.7. The van der Waals surface area contributed by atoms with Crippen LogP contribution in [0.2, 0.25) is 0 Å². The largest absolute Gasteiger partial charge is 0.483 e. The molecule has 176 valence electrons. The maximum absolute atomic E-state index is 12.1. The van der Waals surface area contributed by atoms with E-state index < -0.39 is 11.8 Å². The van der Waals surface area contributed by atoms with Crippen molar-refractivity contribution in [2.75, 3.05) is 11.9 Å². The molecule has 0 saturated carbocycles. The van der Waals surface area contributed by atoms with E-state index in [0.717, 1.165) is 27.9 Å². The lowest BCUT2D eigenvalue weighted by Crippen LogP contribution is -2.44. The lowest BCUT2D eigenvalue weighted by molar-refractivity contribution is -0.130. The Labute approximate surface area is 207 Å². The van der Waals surface area contributed by atoms with Gasteiger partial charge >= 0.3 is 0 Å². The van der Waals surface area contributed by atoms with Gasteiger partial charge < -0.3 is 10.1 Å². The summed E-state index contributed by atoms with van der Waals surface area (Å²) in [5, 5.41) is 2.80. The molecule has 7 nitrogen and oxygen atoms in total. The van der Waals surface area contributed by atoms with Crippen molar-refractivity contribution in [2.24, 2.45) is 0 Å². The van der Waals surface area contributed by atoms with Crippen molar-refractivity contribution in [3.63, 3.8) is 0 Å². The molecule has 0 heterocycles. The molecule has 0 aliphatic rings. The Balaban J connectivity index is 1.39. The van der Waals surface area contributed by atoms with Crippen molar-refractivity contribution in [3.05, 3.63) is 82.3 Å². The van der Waals surface area contributed by atoms with Crippen molar-refractivity contribution < 1.29 is 19.1 Å². The molecule has 3 aromatic rings. The van der Waals surface area contributed by atoms with Crippen LogP contribution in [0.15, 0.2) is 71.2 Å². The van der Waals surface area contributed by atoms with E-state index in [1.165, 1.54) is 0 Å². The molecule has 0 saturated heterocycles. The van der Waals surface area contributed by atoms with Crippen molar-refractivity contribution in [3.8, 4) is 16.9 Å². The van der Waals surface area contributed by atoms with Gasteiger partial charge in [-0.2, -0.15) is 0 Å². The Kier molecular flexibility index (Phi) is 8.81. The van der Waals surface area contributed by atoms with Gasteiger partial charge in [0.1, 0.15) is 5.75 Å². The zero-order valence-corrected chi connectivity index (χ0v) is 20.6. The fourth-order valence-corrected chi connectivity index (χ4v) is 3.61. The monoisotopic (exact) mass is 523 g/mol. The van der Waals surface area contributed by atoms with Gasteiger partial charge in [-0.3, -0.25) is 25.2 Å². The Bertz CT molecular complexity index is 1180. The second-order valence-electron chi connectivity index (χ2n) is 7.76. The number of hydrazine groups is 1. The fraction of sp³-hybridized carbons (Fsp3) is 0.192. The molecule has 0 aliphatic heterocycles. The van der Waals surface area contributed by atoms with Crippen molar-refractivity contribution in [2.45, 2.75) is 26.7 Å². The molecule has 3 amide bonds. The quantitative estimate of drug-likeness (QED) is 0.373. The van der Waals surface area contributed by atoms with Gasteiger partial charge in [0.15, 0.2) is 6.61 Å². The lowest BCUT2D eigenvalue weighted by Gasteiger charge is -2.11. The standard InChI is InChI=1S/C26H26BrN3O4/c1-17-8-9-18(2)22(14-17)28-24(31)12-13-25(32)29-30-26(33)16-34-23-11-10-20(15-21(23)27)19-6-4-3-5-7-19/h3-11,14-15H,12-13,16H2,1-2H3,(H,28,31)(H,29,32)(H,30,33). The molecular weight excluding hydrogens is 498 g/mol. The molecule has 0 atom stereocenters. The number of hydrogen-bond donors (Lipinski definition) is 3. The lowest BCUT2D eigenvalue weighted by atomic mass is 10.1. The predicted molar refractivity (Wildman–Crippen MR) is 135 cm³/mol. The van der Waals surface area contributed by atoms with Crippen LogP contribution >= 0.6 is 15.9 Å². The number of amides is 3. The maximum Gasteiger partial charge on any atom is 0.276 e. The van der Waals surface area contributed by atoms with E-state index in [4.69, 9.17) is 4.74 Å². The van der Waals surface area contributed by atoms with Gasteiger partial charge in [0, 0.05) is 18.5 Å². The van der Waals surface area contributed by atoms with E-state index in [2.05, 4.69) is 32.1 Å². The normalized spacial score (nSPS) is 10.3. The van der Waals surface area contributed by atoms with E-state index >= 15 is 0 Å². The minimum Gasteiger partial charge on any atom is -0.483 e. The number of hydrogen-bond acceptors (Lipinski definition) is 4. The minimum atomic E-state index is -0.521. The number of rotatable bonds is 8. The number of halogens is 1. The highest BCUT2D eigenvalue weighted by Crippen LogP contribution is 2.30. The summed E-state index contributed by atoms with van der Waals surface area (Å²) >= 11 is 3.46. The highest BCUT2D eigenvalue weighted by Gasteiger charge is 2.11. The van der Waals surface area contributed by atoms with Crippen LogP contribution in [0, 0.1) is 13.8 Å². The van der Waals surface area contributed by atoms with Gasteiger partial charge in [-0.05, 0) is 70.2 Å². The first-order valence-corrected chi connectivity index (χ1v) is 11.5. The molecule has 0 bridgehead atoms. The van der Waals surface area contributed by atoms with Gasteiger partial charge in [-0.15, -0.1) is 0 Å². The third-order valence-corrected chi connectivity index (χ3v) is 5.61. The number of nitrogens with one attached hydrogen (secondary N) is 3. The van der Waals surface area contributed by atoms with Crippen molar-refractivity contribution in [1.82, 2.24) is 10.9 Å². The maximum atomic E-state index is 12.1. The molecule has 0 fully saturated rings. The van der Waals surface area contributed by atoms with Crippen LogP contribution in [0.4, 0.5) is 5.69 Å². The van der Waals surface area contributed by atoms with E-state index in [9.17, 15) is 14.4 Å². The zero-order chi connectivity index (χ0) is 24.5. The summed E-state index contributed by atoms with van der Waals surface area (Å²) in [7, 11) is 0. The topological polar surface area (TPSA) is 96.5 Å². The molecule has 0 aliphatic carbocycles. The summed E-state index contributed by atoms with van der Waals surface area (Å²) in [6, 6.07) is 21.2. The summed E-state index contributed by atoms with van der Waals surface area (Å²) < 4.78 is 6.24. The first kappa shape index (κ1) is 25.0. The zero-order valence-electron chi connectivity index (χ0n) is 19.0. The van der Waals surface area contributed by atoms with Gasteiger partial charge in [0.2, 0.25) is 11.8 Å². The van der Waals surface area contributed by atoms with Crippen LogP contribution in [0.25, 0.3) is 11.1 Å². The fourth-order valence-electron chi connectivity index (χ4n) is 3.12. The van der Waals surface area contributed by atoms with Crippen LogP contribution < -0.4 is 20.9 Å². The second-order valence-corrected chi connectivity index (χ2v) is 8.62. The van der Waals surface area contributed by atoms with Gasteiger partial charge in [-0.1, -0.05) is 48.5 Å². The van der Waals surface area contributed by atoms with Crippen LogP contribution in [-0.2, 0) is 14.4 Å². The average Bonchev–Trinajstić information content (AvgIpc) is 2.83. The third-order valence-electron chi connectivity index (χ3n) is 4.99. The number of aryl methyl sites for hydroxylation is 2. The van der Waals surface area contributed by atoms with Gasteiger partial charge in [0.25, 0.3) is 5.91 Å². The number of carbonyl (C=O) groups is 3. The van der Waals surface area contributed by atoms with Crippen molar-refractivity contribution in [1.29, 1.82) is 0 Å². The van der Waals surface area contributed by atoms with E-state index in [1.54, 1.807) is 6.07 Å². The molecule has 3 N–H and O–H groups in total. The minimum absolute atomic E-state index is 0.00764. The van der Waals surface area contributed by atoms with E-state index in [-0.39, 0.29) is 25.4 Å². The van der Waals surface area contributed by atoms with E-state index in [1.807, 2.05) is 74.5 Å². The molecule has 0 spiro atoms. The summed E-state index contributed by atoms with van der Waals surface area (Å²) in [6.07, 6.45) is -0.0728. The molecule has 3 aromatic carbocycles. The first-order chi connectivity index (χ1) is 16.3. The predicted octanol–water partition coefficient (Wildman–Crippen LogP) is 4.68. The van der Waals surface area contributed by atoms with Gasteiger partial charge in [0.05, 0.1) is 4.47 Å². The molecule has 0 radical (unpaired) electrons. The number of carbonyl (C=O) groups excluding carboxylic acids is 3. The highest BCUT2D eigenvalue weighted by atomic mass is 79.9. The summed E-state index contributed by atoms with van der Waals surface area (Å²) in [5.74, 6) is -0.767. The molecule has 0 unspecified atom stereocenters. The Morgan fingerprint density at radius 1 is 0.794 bits per heavy atom. The Morgan fingerprint density at radius 3 is 2.24 bits per heavy atom. The third kappa shape index (κ3) is 7.45. The molecule has 8 heteroatoms. The van der Waals surface area contributed by atoms with E-state index in [0.29, 0.717) is 10.2 Å². The molecule has 0 aromatic heterocycles. The number of ether oxygens (including phenoxy) is 1. The number of benzene rings is 3. The van der Waals surface area contributed by atoms with Crippen molar-refractivity contribution >= 4 is 39.3 Å². The second kappa shape index (κ2) is 12.0. The summed E-state index contributed by atoms with van der Waals surface area (Å²) in [6.45, 7) is 3.56. The van der Waals surface area contributed by atoms with Crippen LogP contribution in [-0.4, -0.2) is 24.3 Å². The summed E-state index contributed by atoms with van der Waals surface area (Å²) in [5.41, 5.74) is 9.36. The molecular formula is C26H26BrN3O4. The number of anilines is 1. The Hall–Kier alpha value is -3.65. The highest BCUT2D eigenvalue weighted by molar-refractivity contribution is 9.10. The van der Waals surface area contributed by atoms with Gasteiger partial charge in [-0.25, -0.2) is 0 Å². The Morgan fingerprint density at radius 2 is 1.50 bits per heavy atom. The SMILES string of the molecule is Cc1ccc(C)c(NC(=O)CCC(=O)NNC(=O)COc2ccc(-c3ccccc3)cc2Br)c1. The van der Waals surface area contributed by atoms with Crippen LogP contribution in [0.1, 0.15) is 24.0 Å². The van der Waals surface area contributed by atoms with Crippen LogP contribution in [0.3, 0.4) is 0 Å². The molecule has 34 heavy (non-hydrogen) atoms.